The van der Waals surface area contributed by atoms with E-state index in [1.165, 1.54) is 14.2 Å². The second kappa shape index (κ2) is 5.52. The summed E-state index contributed by atoms with van der Waals surface area (Å²) in [5.41, 5.74) is 1.69. The fraction of sp³-hybridized carbons (Fsp3) is 0.200. The predicted octanol–water partition coefficient (Wildman–Crippen LogP) is 2.71. The van der Waals surface area contributed by atoms with Crippen molar-refractivity contribution in [3.8, 4) is 23.0 Å². The molecule has 0 bridgehead atoms. The monoisotopic (exact) mass is 260 g/mol. The number of hydrogen-bond donors (Lipinski definition) is 2. The van der Waals surface area contributed by atoms with Crippen molar-refractivity contribution >= 4 is 0 Å². The van der Waals surface area contributed by atoms with Crippen molar-refractivity contribution in [2.24, 2.45) is 0 Å². The Morgan fingerprint density at radius 1 is 0.947 bits per heavy atom. The van der Waals surface area contributed by atoms with E-state index in [-0.39, 0.29) is 11.5 Å². The van der Waals surface area contributed by atoms with Crippen LogP contribution in [0.15, 0.2) is 36.4 Å². The molecule has 0 spiro atoms. The van der Waals surface area contributed by atoms with E-state index in [0.29, 0.717) is 17.9 Å². The Bertz CT molecular complexity index is 553. The molecule has 0 radical (unpaired) electrons. The van der Waals surface area contributed by atoms with Gasteiger partial charge in [0.15, 0.2) is 11.5 Å². The van der Waals surface area contributed by atoms with Crippen molar-refractivity contribution in [3.63, 3.8) is 0 Å². The van der Waals surface area contributed by atoms with Gasteiger partial charge >= 0.3 is 0 Å². The SMILES string of the molecule is COc1cc(Cc2ccccc2O)cc(OC)c1O. The second-order valence-corrected chi connectivity index (χ2v) is 4.15. The molecule has 0 aliphatic rings. The molecule has 0 aromatic heterocycles. The lowest BCUT2D eigenvalue weighted by molar-refractivity contribution is 0.339. The number of phenols is 2. The number of ether oxygens (including phenoxy) is 2. The fourth-order valence-electron chi connectivity index (χ4n) is 1.93. The van der Waals surface area contributed by atoms with Gasteiger partial charge in [0.1, 0.15) is 5.75 Å². The quantitative estimate of drug-likeness (QED) is 0.887. The summed E-state index contributed by atoms with van der Waals surface area (Å²) in [4.78, 5) is 0. The maximum Gasteiger partial charge on any atom is 0.200 e. The zero-order valence-electron chi connectivity index (χ0n) is 10.9. The van der Waals surface area contributed by atoms with Crippen molar-refractivity contribution in [1.82, 2.24) is 0 Å². The summed E-state index contributed by atoms with van der Waals surface area (Å²) in [6.45, 7) is 0. The highest BCUT2D eigenvalue weighted by atomic mass is 16.5. The van der Waals surface area contributed by atoms with E-state index in [9.17, 15) is 10.2 Å². The number of phenolic OH excluding ortho intramolecular Hbond substituents is 2. The smallest absolute Gasteiger partial charge is 0.200 e. The van der Waals surface area contributed by atoms with Gasteiger partial charge in [0.25, 0.3) is 0 Å². The minimum atomic E-state index is -0.0222. The van der Waals surface area contributed by atoms with Crippen LogP contribution in [0, 0.1) is 0 Å². The van der Waals surface area contributed by atoms with E-state index in [1.807, 2.05) is 12.1 Å². The Morgan fingerprint density at radius 2 is 1.53 bits per heavy atom. The van der Waals surface area contributed by atoms with Gasteiger partial charge in [-0.15, -0.1) is 0 Å². The molecule has 0 atom stereocenters. The zero-order valence-corrected chi connectivity index (χ0v) is 10.9. The molecular formula is C15H16O4. The predicted molar refractivity (Wildman–Crippen MR) is 72.1 cm³/mol. The molecule has 19 heavy (non-hydrogen) atoms. The average molecular weight is 260 g/mol. The van der Waals surface area contributed by atoms with Crippen LogP contribution in [-0.2, 0) is 6.42 Å². The molecule has 2 rings (SSSR count). The molecule has 0 amide bonds. The van der Waals surface area contributed by atoms with Gasteiger partial charge in [0.05, 0.1) is 14.2 Å². The van der Waals surface area contributed by atoms with Crippen LogP contribution in [0.2, 0.25) is 0 Å². The van der Waals surface area contributed by atoms with Crippen LogP contribution in [0.4, 0.5) is 0 Å². The number of methoxy groups -OCH3 is 2. The van der Waals surface area contributed by atoms with Gasteiger partial charge in [-0.1, -0.05) is 18.2 Å². The number of aromatic hydroxyl groups is 2. The van der Waals surface area contributed by atoms with E-state index in [1.54, 1.807) is 24.3 Å². The van der Waals surface area contributed by atoms with E-state index in [2.05, 4.69) is 0 Å². The van der Waals surface area contributed by atoms with Crippen LogP contribution >= 0.6 is 0 Å². The lowest BCUT2D eigenvalue weighted by Crippen LogP contribution is -1.94. The number of hydrogen-bond acceptors (Lipinski definition) is 4. The number of rotatable bonds is 4. The highest BCUT2D eigenvalue weighted by molar-refractivity contribution is 5.53. The standard InChI is InChI=1S/C15H16O4/c1-18-13-8-10(9-14(19-2)15(13)17)7-11-5-3-4-6-12(11)16/h3-6,8-9,16-17H,7H2,1-2H3. The minimum absolute atomic E-state index is 0.0222. The van der Waals surface area contributed by atoms with Crippen LogP contribution in [0.1, 0.15) is 11.1 Å². The molecule has 2 aromatic carbocycles. The second-order valence-electron chi connectivity index (χ2n) is 4.15. The van der Waals surface area contributed by atoms with Crippen molar-refractivity contribution in [2.45, 2.75) is 6.42 Å². The van der Waals surface area contributed by atoms with Gasteiger partial charge in [-0.05, 0) is 29.3 Å². The molecule has 100 valence electrons. The van der Waals surface area contributed by atoms with Crippen molar-refractivity contribution < 1.29 is 19.7 Å². The summed E-state index contributed by atoms with van der Waals surface area (Å²) in [6.07, 6.45) is 0.527. The third-order valence-electron chi connectivity index (χ3n) is 2.93. The van der Waals surface area contributed by atoms with Gasteiger partial charge < -0.3 is 19.7 Å². The average Bonchev–Trinajstić information content (AvgIpc) is 2.43. The molecule has 4 nitrogen and oxygen atoms in total. The molecule has 0 saturated carbocycles. The van der Waals surface area contributed by atoms with E-state index < -0.39 is 0 Å². The highest BCUT2D eigenvalue weighted by Gasteiger charge is 2.12. The largest absolute Gasteiger partial charge is 0.508 e. The summed E-state index contributed by atoms with van der Waals surface area (Å²) in [5.74, 6) is 0.925. The van der Waals surface area contributed by atoms with Gasteiger partial charge in [0.2, 0.25) is 5.75 Å². The Balaban J connectivity index is 2.38. The molecule has 0 saturated heterocycles. The van der Waals surface area contributed by atoms with Gasteiger partial charge in [-0.3, -0.25) is 0 Å². The summed E-state index contributed by atoms with van der Waals surface area (Å²) >= 11 is 0. The zero-order chi connectivity index (χ0) is 13.8. The number of para-hydroxylation sites is 1. The molecule has 0 aliphatic carbocycles. The first-order valence-corrected chi connectivity index (χ1v) is 5.86. The molecular weight excluding hydrogens is 244 g/mol. The van der Waals surface area contributed by atoms with Crippen molar-refractivity contribution in [2.75, 3.05) is 14.2 Å². The Morgan fingerprint density at radius 3 is 2.05 bits per heavy atom. The first kappa shape index (κ1) is 13.1. The third-order valence-corrected chi connectivity index (χ3v) is 2.93. The highest BCUT2D eigenvalue weighted by Crippen LogP contribution is 2.38. The first-order chi connectivity index (χ1) is 9.15. The van der Waals surface area contributed by atoms with Crippen LogP contribution in [0.25, 0.3) is 0 Å². The maximum atomic E-state index is 9.83. The van der Waals surface area contributed by atoms with Gasteiger partial charge in [-0.2, -0.15) is 0 Å². The van der Waals surface area contributed by atoms with E-state index >= 15 is 0 Å². The molecule has 0 unspecified atom stereocenters. The molecule has 4 heteroatoms. The fourth-order valence-corrected chi connectivity index (χ4v) is 1.93. The minimum Gasteiger partial charge on any atom is -0.508 e. The van der Waals surface area contributed by atoms with Crippen LogP contribution in [0.5, 0.6) is 23.0 Å². The lowest BCUT2D eigenvalue weighted by Gasteiger charge is -2.11. The van der Waals surface area contributed by atoms with E-state index in [4.69, 9.17) is 9.47 Å². The lowest BCUT2D eigenvalue weighted by atomic mass is 10.0. The molecule has 2 aromatic rings. The molecule has 2 N–H and O–H groups in total. The Kier molecular flexibility index (Phi) is 3.80. The van der Waals surface area contributed by atoms with E-state index in [0.717, 1.165) is 11.1 Å². The van der Waals surface area contributed by atoms with Crippen molar-refractivity contribution in [1.29, 1.82) is 0 Å². The summed E-state index contributed by atoms with van der Waals surface area (Å²) < 4.78 is 10.2. The normalized spacial score (nSPS) is 10.2. The Hall–Kier alpha value is -2.36. The third kappa shape index (κ3) is 2.73. The summed E-state index contributed by atoms with van der Waals surface area (Å²) in [7, 11) is 2.97. The van der Waals surface area contributed by atoms with Crippen molar-refractivity contribution in [3.05, 3.63) is 47.5 Å². The van der Waals surface area contributed by atoms with Gasteiger partial charge in [0, 0.05) is 6.42 Å². The Labute approximate surface area is 111 Å². The maximum absolute atomic E-state index is 9.83. The topological polar surface area (TPSA) is 58.9 Å². The van der Waals surface area contributed by atoms with Gasteiger partial charge in [-0.25, -0.2) is 0 Å². The molecule has 0 fully saturated rings. The van der Waals surface area contributed by atoms with Crippen LogP contribution in [-0.4, -0.2) is 24.4 Å². The van der Waals surface area contributed by atoms with Crippen LogP contribution < -0.4 is 9.47 Å². The summed E-state index contributed by atoms with van der Waals surface area (Å²) in [5, 5.41) is 19.6. The number of benzene rings is 2. The molecule has 0 aliphatic heterocycles. The first-order valence-electron chi connectivity index (χ1n) is 5.86. The van der Waals surface area contributed by atoms with Crippen LogP contribution in [0.3, 0.4) is 0 Å². The summed E-state index contributed by atoms with van der Waals surface area (Å²) in [6, 6.07) is 10.6. The molecule has 0 heterocycles.